The number of hydrogen-bond acceptors (Lipinski definition) is 3. The molecule has 1 atom stereocenters. The molecule has 2 rings (SSSR count). The first-order chi connectivity index (χ1) is 8.22. The average Bonchev–Trinajstić information content (AvgIpc) is 2.82. The third kappa shape index (κ3) is 2.94. The Morgan fingerprint density at radius 2 is 2.35 bits per heavy atom. The first-order valence-electron chi connectivity index (χ1n) is 5.83. The molecule has 2 N–H and O–H groups in total. The van der Waals surface area contributed by atoms with Gasteiger partial charge < -0.3 is 10.5 Å². The lowest BCUT2D eigenvalue weighted by Gasteiger charge is -2.11. The minimum atomic E-state index is 0.0995. The zero-order valence-corrected chi connectivity index (χ0v) is 11.2. The molecule has 1 saturated heterocycles. The maximum atomic E-state index is 11.7. The molecule has 1 heterocycles. The second-order valence-electron chi connectivity index (χ2n) is 4.26. The van der Waals surface area contributed by atoms with E-state index >= 15 is 0 Å². The van der Waals surface area contributed by atoms with Crippen LogP contribution in [0.3, 0.4) is 0 Å². The number of benzene rings is 1. The highest BCUT2D eigenvalue weighted by Crippen LogP contribution is 2.31. The number of nitrogens with two attached hydrogens (primary N) is 1. The molecule has 1 aliphatic rings. The monoisotopic (exact) mass is 297 g/mol. The molecule has 1 unspecified atom stereocenters. The van der Waals surface area contributed by atoms with E-state index in [1.165, 1.54) is 5.56 Å². The molecule has 0 aromatic heterocycles. The number of carbonyl (C=O) groups is 1. The summed E-state index contributed by atoms with van der Waals surface area (Å²) < 4.78 is 6.37. The molecule has 0 saturated carbocycles. The van der Waals surface area contributed by atoms with E-state index in [1.54, 1.807) is 0 Å². The number of rotatable bonds is 4. The van der Waals surface area contributed by atoms with Crippen LogP contribution in [0.1, 0.15) is 34.7 Å². The van der Waals surface area contributed by atoms with Crippen LogP contribution in [-0.4, -0.2) is 25.5 Å². The van der Waals surface area contributed by atoms with Crippen molar-refractivity contribution in [2.45, 2.75) is 18.8 Å². The Labute approximate surface area is 109 Å². The van der Waals surface area contributed by atoms with Crippen LogP contribution in [0.2, 0.25) is 0 Å². The fourth-order valence-electron chi connectivity index (χ4n) is 2.09. The van der Waals surface area contributed by atoms with Crippen molar-refractivity contribution in [2.24, 2.45) is 5.73 Å². The summed E-state index contributed by atoms with van der Waals surface area (Å²) in [5.74, 6) is 0.547. The lowest BCUT2D eigenvalue weighted by atomic mass is 9.96. The number of Topliss-reactive ketones (excluding diaryl/α,β-unsaturated/α-hetero) is 1. The van der Waals surface area contributed by atoms with Gasteiger partial charge in [-0.3, -0.25) is 4.79 Å². The molecule has 0 bridgehead atoms. The highest BCUT2D eigenvalue weighted by molar-refractivity contribution is 9.10. The van der Waals surface area contributed by atoms with Gasteiger partial charge in [-0.15, -0.1) is 0 Å². The summed E-state index contributed by atoms with van der Waals surface area (Å²) in [4.78, 5) is 11.7. The Bertz CT molecular complexity index is 414. The molecule has 0 spiro atoms. The van der Waals surface area contributed by atoms with Crippen LogP contribution in [0.25, 0.3) is 0 Å². The zero-order valence-electron chi connectivity index (χ0n) is 9.62. The summed E-state index contributed by atoms with van der Waals surface area (Å²) in [5, 5.41) is 0. The predicted molar refractivity (Wildman–Crippen MR) is 70.3 cm³/mol. The number of halogens is 1. The summed E-state index contributed by atoms with van der Waals surface area (Å²) >= 11 is 3.54. The molecule has 17 heavy (non-hydrogen) atoms. The van der Waals surface area contributed by atoms with E-state index in [0.29, 0.717) is 18.9 Å². The first kappa shape index (κ1) is 12.7. The summed E-state index contributed by atoms with van der Waals surface area (Å²) in [6.07, 6.45) is 1.45. The van der Waals surface area contributed by atoms with Gasteiger partial charge in [0.2, 0.25) is 0 Å². The van der Waals surface area contributed by atoms with Crippen LogP contribution >= 0.6 is 15.9 Å². The van der Waals surface area contributed by atoms with Gasteiger partial charge in [-0.1, -0.05) is 28.1 Å². The number of hydrogen-bond donors (Lipinski definition) is 1. The van der Waals surface area contributed by atoms with E-state index < -0.39 is 0 Å². The van der Waals surface area contributed by atoms with E-state index in [0.717, 1.165) is 29.7 Å². The van der Waals surface area contributed by atoms with Gasteiger partial charge in [0, 0.05) is 29.0 Å². The van der Waals surface area contributed by atoms with Gasteiger partial charge in [0.1, 0.15) is 0 Å². The highest BCUT2D eigenvalue weighted by Gasteiger charge is 2.20. The van der Waals surface area contributed by atoms with Gasteiger partial charge in [0.15, 0.2) is 5.78 Å². The van der Waals surface area contributed by atoms with E-state index in [9.17, 15) is 4.79 Å². The quantitative estimate of drug-likeness (QED) is 0.869. The molecule has 1 fully saturated rings. The largest absolute Gasteiger partial charge is 0.381 e. The molecule has 4 heteroatoms. The van der Waals surface area contributed by atoms with Gasteiger partial charge in [0.05, 0.1) is 6.61 Å². The Kier molecular flexibility index (Phi) is 4.31. The first-order valence-corrected chi connectivity index (χ1v) is 6.62. The third-order valence-corrected chi connectivity index (χ3v) is 3.75. The van der Waals surface area contributed by atoms with Gasteiger partial charge >= 0.3 is 0 Å². The molecule has 92 valence electrons. The molecule has 1 aliphatic heterocycles. The van der Waals surface area contributed by atoms with Crippen molar-refractivity contribution in [3.8, 4) is 0 Å². The molecule has 1 aromatic carbocycles. The lowest BCUT2D eigenvalue weighted by molar-refractivity contribution is 0.0985. The van der Waals surface area contributed by atoms with Crippen molar-refractivity contribution in [2.75, 3.05) is 19.8 Å². The topological polar surface area (TPSA) is 52.3 Å². The van der Waals surface area contributed by atoms with Crippen LogP contribution in [0, 0.1) is 0 Å². The Hall–Kier alpha value is -0.710. The maximum Gasteiger partial charge on any atom is 0.164 e. The van der Waals surface area contributed by atoms with E-state index in [1.807, 2.05) is 18.2 Å². The average molecular weight is 298 g/mol. The van der Waals surface area contributed by atoms with Crippen molar-refractivity contribution < 1.29 is 9.53 Å². The van der Waals surface area contributed by atoms with Crippen LogP contribution in [0.15, 0.2) is 22.7 Å². The summed E-state index contributed by atoms with van der Waals surface area (Å²) in [5.41, 5.74) is 7.34. The van der Waals surface area contributed by atoms with Crippen molar-refractivity contribution in [3.63, 3.8) is 0 Å². The van der Waals surface area contributed by atoms with Crippen LogP contribution in [0.4, 0.5) is 0 Å². The van der Waals surface area contributed by atoms with Crippen molar-refractivity contribution in [1.29, 1.82) is 0 Å². The lowest BCUT2D eigenvalue weighted by Crippen LogP contribution is -2.08. The normalized spacial score (nSPS) is 19.5. The smallest absolute Gasteiger partial charge is 0.164 e. The van der Waals surface area contributed by atoms with Crippen LogP contribution in [0.5, 0.6) is 0 Å². The molecule has 1 aromatic rings. The summed E-state index contributed by atoms with van der Waals surface area (Å²) in [7, 11) is 0. The number of carbonyl (C=O) groups excluding carboxylic acids is 1. The van der Waals surface area contributed by atoms with Gasteiger partial charge in [-0.05, 0) is 24.6 Å². The highest BCUT2D eigenvalue weighted by atomic mass is 79.9. The molecular weight excluding hydrogens is 282 g/mol. The van der Waals surface area contributed by atoms with Crippen molar-refractivity contribution in [3.05, 3.63) is 33.8 Å². The standard InChI is InChI=1S/C13H16BrNO2/c14-12-7-9(13(16)3-5-15)1-2-11(12)10-4-6-17-8-10/h1-2,7,10H,3-6,8,15H2. The molecule has 3 nitrogen and oxygen atoms in total. The summed E-state index contributed by atoms with van der Waals surface area (Å²) in [6.45, 7) is 1.99. The predicted octanol–water partition coefficient (Wildman–Crippen LogP) is 2.48. The number of ketones is 1. The SMILES string of the molecule is NCCC(=O)c1ccc(C2CCOC2)c(Br)c1. The molecule has 0 radical (unpaired) electrons. The fourth-order valence-corrected chi connectivity index (χ4v) is 2.79. The minimum absolute atomic E-state index is 0.0995. The van der Waals surface area contributed by atoms with E-state index in [4.69, 9.17) is 10.5 Å². The Balaban J connectivity index is 2.19. The van der Waals surface area contributed by atoms with E-state index in [-0.39, 0.29) is 5.78 Å². The summed E-state index contributed by atoms with van der Waals surface area (Å²) in [6, 6.07) is 5.80. The van der Waals surface area contributed by atoms with E-state index in [2.05, 4.69) is 15.9 Å². The van der Waals surface area contributed by atoms with Crippen molar-refractivity contribution >= 4 is 21.7 Å². The third-order valence-electron chi connectivity index (χ3n) is 3.06. The van der Waals surface area contributed by atoms with Gasteiger partial charge in [0.25, 0.3) is 0 Å². The minimum Gasteiger partial charge on any atom is -0.381 e. The van der Waals surface area contributed by atoms with Crippen LogP contribution < -0.4 is 5.73 Å². The Morgan fingerprint density at radius 1 is 1.53 bits per heavy atom. The van der Waals surface area contributed by atoms with Crippen molar-refractivity contribution in [1.82, 2.24) is 0 Å². The Morgan fingerprint density at radius 3 is 2.94 bits per heavy atom. The number of ether oxygens (including phenoxy) is 1. The second-order valence-corrected chi connectivity index (χ2v) is 5.11. The van der Waals surface area contributed by atoms with Gasteiger partial charge in [-0.2, -0.15) is 0 Å². The molecule has 0 aliphatic carbocycles. The molecule has 0 amide bonds. The second kappa shape index (κ2) is 5.76. The van der Waals surface area contributed by atoms with Gasteiger partial charge in [-0.25, -0.2) is 0 Å². The maximum absolute atomic E-state index is 11.7. The van der Waals surface area contributed by atoms with Crippen LogP contribution in [-0.2, 0) is 4.74 Å². The fraction of sp³-hybridized carbons (Fsp3) is 0.462. The molecular formula is C13H16BrNO2. The zero-order chi connectivity index (χ0) is 12.3.